The lowest BCUT2D eigenvalue weighted by molar-refractivity contribution is -0.153. The van der Waals surface area contributed by atoms with Crippen molar-refractivity contribution in [2.45, 2.75) is 38.4 Å². The van der Waals surface area contributed by atoms with E-state index in [4.69, 9.17) is 9.47 Å². The largest absolute Gasteiger partial charge is 0.484 e. The van der Waals surface area contributed by atoms with Gasteiger partial charge in [-0.2, -0.15) is 13.2 Å². The molecule has 0 amide bonds. The van der Waals surface area contributed by atoms with Crippen LogP contribution in [0.1, 0.15) is 31.2 Å². The second-order valence-corrected chi connectivity index (χ2v) is 6.89. The Bertz CT molecular complexity index is 616. The van der Waals surface area contributed by atoms with Crippen molar-refractivity contribution in [2.75, 3.05) is 33.9 Å². The van der Waals surface area contributed by atoms with Crippen molar-refractivity contribution in [1.29, 1.82) is 0 Å². The summed E-state index contributed by atoms with van der Waals surface area (Å²) >= 11 is 0. The molecule has 152 valence electrons. The number of halogens is 3. The summed E-state index contributed by atoms with van der Waals surface area (Å²) in [6, 6.07) is 6.69. The maximum Gasteiger partial charge on any atom is 0.422 e. The molecule has 0 radical (unpaired) electrons. The number of nitrogens with zero attached hydrogens (tertiary/aromatic N) is 1. The second-order valence-electron chi connectivity index (χ2n) is 6.89. The van der Waals surface area contributed by atoms with Crippen molar-refractivity contribution >= 4 is 5.96 Å². The van der Waals surface area contributed by atoms with Crippen molar-refractivity contribution < 1.29 is 22.6 Å². The van der Waals surface area contributed by atoms with Crippen LogP contribution in [0.25, 0.3) is 0 Å². The molecule has 1 saturated carbocycles. The third-order valence-electron chi connectivity index (χ3n) is 4.92. The van der Waals surface area contributed by atoms with Crippen LogP contribution in [0, 0.1) is 5.41 Å². The van der Waals surface area contributed by atoms with E-state index in [0.717, 1.165) is 32.4 Å². The molecule has 1 fully saturated rings. The predicted octanol–water partition coefficient (Wildman–Crippen LogP) is 3.50. The van der Waals surface area contributed by atoms with Gasteiger partial charge in [0.25, 0.3) is 0 Å². The predicted molar refractivity (Wildman–Crippen MR) is 99.0 cm³/mol. The summed E-state index contributed by atoms with van der Waals surface area (Å²) < 4.78 is 47.3. The van der Waals surface area contributed by atoms with Gasteiger partial charge in [-0.1, -0.05) is 24.6 Å². The van der Waals surface area contributed by atoms with Crippen LogP contribution in [0.2, 0.25) is 0 Å². The molecule has 1 aromatic carbocycles. The number of hydrogen-bond donors (Lipinski definition) is 2. The zero-order chi connectivity index (χ0) is 19.8. The first-order chi connectivity index (χ1) is 12.9. The third-order valence-corrected chi connectivity index (χ3v) is 4.92. The molecule has 0 saturated heterocycles. The molecule has 0 heterocycles. The number of ether oxygens (including phenoxy) is 2. The zero-order valence-electron chi connectivity index (χ0n) is 15.9. The minimum atomic E-state index is -4.36. The Morgan fingerprint density at radius 3 is 2.56 bits per heavy atom. The van der Waals surface area contributed by atoms with E-state index in [-0.39, 0.29) is 11.2 Å². The van der Waals surface area contributed by atoms with Gasteiger partial charge < -0.3 is 20.1 Å². The zero-order valence-corrected chi connectivity index (χ0v) is 15.9. The Labute approximate surface area is 158 Å². The summed E-state index contributed by atoms with van der Waals surface area (Å²) in [5.74, 6) is 0.831. The van der Waals surface area contributed by atoms with Gasteiger partial charge in [0.15, 0.2) is 12.6 Å². The van der Waals surface area contributed by atoms with Gasteiger partial charge in [-0.05, 0) is 30.7 Å². The molecule has 1 aromatic rings. The lowest BCUT2D eigenvalue weighted by atomic mass is 9.67. The number of para-hydroxylation sites is 1. The highest BCUT2D eigenvalue weighted by atomic mass is 19.4. The maximum absolute atomic E-state index is 12.4. The normalized spacial score (nSPS) is 16.6. The Balaban J connectivity index is 1.87. The molecule has 0 aromatic heterocycles. The quantitative estimate of drug-likeness (QED) is 0.503. The van der Waals surface area contributed by atoms with Crippen molar-refractivity contribution in [3.63, 3.8) is 0 Å². The molecule has 2 rings (SSSR count). The van der Waals surface area contributed by atoms with Crippen LogP contribution in [0.5, 0.6) is 5.75 Å². The van der Waals surface area contributed by atoms with Gasteiger partial charge in [0.05, 0.1) is 0 Å². The standard InChI is InChI=1S/C19H28F3N3O2/c1-23-17(25-13-18(8-5-9-18)10-11-26-2)24-12-15-6-3-4-7-16(15)27-14-19(20,21)22/h3-4,6-7H,5,8-14H2,1-2H3,(H2,23,24,25). The fourth-order valence-corrected chi connectivity index (χ4v) is 3.13. The van der Waals surface area contributed by atoms with Gasteiger partial charge in [-0.25, -0.2) is 0 Å². The molecule has 0 aliphatic heterocycles. The second kappa shape index (κ2) is 9.82. The number of alkyl halides is 3. The van der Waals surface area contributed by atoms with E-state index >= 15 is 0 Å². The minimum Gasteiger partial charge on any atom is -0.484 e. The van der Waals surface area contributed by atoms with E-state index in [0.29, 0.717) is 18.1 Å². The Hall–Kier alpha value is -1.96. The van der Waals surface area contributed by atoms with E-state index in [9.17, 15) is 13.2 Å². The van der Waals surface area contributed by atoms with Crippen molar-refractivity contribution in [1.82, 2.24) is 10.6 Å². The summed E-state index contributed by atoms with van der Waals surface area (Å²) in [4.78, 5) is 4.20. The Morgan fingerprint density at radius 2 is 1.96 bits per heavy atom. The smallest absolute Gasteiger partial charge is 0.422 e. The molecule has 2 N–H and O–H groups in total. The Morgan fingerprint density at radius 1 is 1.22 bits per heavy atom. The molecular formula is C19H28F3N3O2. The Kier molecular flexibility index (Phi) is 7.77. The molecule has 0 bridgehead atoms. The van der Waals surface area contributed by atoms with E-state index in [1.807, 2.05) is 0 Å². The third kappa shape index (κ3) is 6.93. The van der Waals surface area contributed by atoms with Crippen molar-refractivity contribution in [3.05, 3.63) is 29.8 Å². The molecule has 0 unspecified atom stereocenters. The van der Waals surface area contributed by atoms with Crippen molar-refractivity contribution in [2.24, 2.45) is 10.4 Å². The number of aliphatic imine (C=N–C) groups is 1. The monoisotopic (exact) mass is 387 g/mol. The molecule has 5 nitrogen and oxygen atoms in total. The van der Waals surface area contributed by atoms with Crippen LogP contribution in [0.3, 0.4) is 0 Å². The van der Waals surface area contributed by atoms with Gasteiger partial charge in [0.2, 0.25) is 0 Å². The molecule has 1 aliphatic carbocycles. The van der Waals surface area contributed by atoms with Gasteiger partial charge >= 0.3 is 6.18 Å². The maximum atomic E-state index is 12.4. The lowest BCUT2D eigenvalue weighted by Gasteiger charge is -2.42. The molecule has 27 heavy (non-hydrogen) atoms. The van der Waals surface area contributed by atoms with Crippen LogP contribution >= 0.6 is 0 Å². The number of methoxy groups -OCH3 is 1. The van der Waals surface area contributed by atoms with E-state index in [1.165, 1.54) is 12.5 Å². The summed E-state index contributed by atoms with van der Waals surface area (Å²) in [5.41, 5.74) is 0.879. The van der Waals surface area contributed by atoms with Gasteiger partial charge in [0, 0.05) is 39.4 Å². The fourth-order valence-electron chi connectivity index (χ4n) is 3.13. The summed E-state index contributed by atoms with van der Waals surface area (Å²) in [5, 5.41) is 6.48. The number of guanidine groups is 1. The van der Waals surface area contributed by atoms with Crippen LogP contribution in [-0.2, 0) is 11.3 Å². The molecule has 0 spiro atoms. The summed E-state index contributed by atoms with van der Waals surface area (Å²) in [7, 11) is 3.38. The lowest BCUT2D eigenvalue weighted by Crippen LogP contribution is -2.46. The average molecular weight is 387 g/mol. The summed E-state index contributed by atoms with van der Waals surface area (Å²) in [6.07, 6.45) is 0.184. The highest BCUT2D eigenvalue weighted by Gasteiger charge is 2.36. The first kappa shape index (κ1) is 21.3. The van der Waals surface area contributed by atoms with Gasteiger partial charge in [-0.15, -0.1) is 0 Å². The molecule has 0 atom stereocenters. The van der Waals surface area contributed by atoms with E-state index < -0.39 is 12.8 Å². The number of nitrogens with one attached hydrogen (secondary N) is 2. The van der Waals surface area contributed by atoms with Crippen LogP contribution in [0.4, 0.5) is 13.2 Å². The first-order valence-corrected chi connectivity index (χ1v) is 9.08. The number of rotatable bonds is 9. The van der Waals surface area contributed by atoms with E-state index in [2.05, 4.69) is 15.6 Å². The van der Waals surface area contributed by atoms with Gasteiger partial charge in [-0.3, -0.25) is 4.99 Å². The SMILES string of the molecule is CN=C(NCc1ccccc1OCC(F)(F)F)NCC1(CCOC)CCC1. The van der Waals surface area contributed by atoms with Crippen LogP contribution in [0.15, 0.2) is 29.3 Å². The highest BCUT2D eigenvalue weighted by molar-refractivity contribution is 5.79. The van der Waals surface area contributed by atoms with E-state index in [1.54, 1.807) is 32.4 Å². The number of benzene rings is 1. The topological polar surface area (TPSA) is 54.9 Å². The highest BCUT2D eigenvalue weighted by Crippen LogP contribution is 2.43. The van der Waals surface area contributed by atoms with Crippen LogP contribution in [-0.4, -0.2) is 46.1 Å². The van der Waals surface area contributed by atoms with Crippen LogP contribution < -0.4 is 15.4 Å². The number of hydrogen-bond acceptors (Lipinski definition) is 3. The summed E-state index contributed by atoms with van der Waals surface area (Å²) in [6.45, 7) is 0.539. The minimum absolute atomic E-state index is 0.216. The van der Waals surface area contributed by atoms with Gasteiger partial charge in [0.1, 0.15) is 5.75 Å². The fraction of sp³-hybridized carbons (Fsp3) is 0.632. The first-order valence-electron chi connectivity index (χ1n) is 9.08. The van der Waals surface area contributed by atoms with Crippen molar-refractivity contribution in [3.8, 4) is 5.75 Å². The molecule has 1 aliphatic rings. The average Bonchev–Trinajstić information content (AvgIpc) is 2.61. The molecular weight excluding hydrogens is 359 g/mol. The molecule has 8 heteroatoms.